The molecule has 0 saturated heterocycles. The molecule has 0 aliphatic heterocycles. The second-order valence-corrected chi connectivity index (χ2v) is 13.6. The number of benzene rings is 8. The van der Waals surface area contributed by atoms with Crippen LogP contribution in [0.25, 0.3) is 32.3 Å². The van der Waals surface area contributed by atoms with E-state index in [-0.39, 0.29) is 11.2 Å². The highest BCUT2D eigenvalue weighted by Gasteiger charge is 2.33. The van der Waals surface area contributed by atoms with E-state index in [9.17, 15) is 0 Å². The molecule has 3 heteroatoms. The molecule has 0 N–H and O–H groups in total. The van der Waals surface area contributed by atoms with E-state index in [4.69, 9.17) is 0 Å². The molecular formula is C45H35FN2. The average Bonchev–Trinajstić information content (AvgIpc) is 3.13. The van der Waals surface area contributed by atoms with Gasteiger partial charge >= 0.3 is 0 Å². The fourth-order valence-electron chi connectivity index (χ4n) is 7.95. The summed E-state index contributed by atoms with van der Waals surface area (Å²) in [5.74, 6) is -0.212. The Balaban J connectivity index is 1.44. The van der Waals surface area contributed by atoms with Gasteiger partial charge in [0.2, 0.25) is 0 Å². The average molecular weight is 623 g/mol. The number of hydrogen-bond donors (Lipinski definition) is 0. The molecule has 0 saturated carbocycles. The molecule has 0 spiro atoms. The molecular weight excluding hydrogens is 588 g/mol. The fourth-order valence-corrected chi connectivity index (χ4v) is 7.95. The van der Waals surface area contributed by atoms with Crippen molar-refractivity contribution in [2.45, 2.75) is 32.1 Å². The van der Waals surface area contributed by atoms with Gasteiger partial charge < -0.3 is 9.80 Å². The lowest BCUT2D eigenvalue weighted by molar-refractivity contribution is 0.475. The first-order valence-electron chi connectivity index (χ1n) is 16.8. The third-order valence-electron chi connectivity index (χ3n) is 10.3. The normalized spacial score (nSPS) is 13.7. The van der Waals surface area contributed by atoms with Gasteiger partial charge in [0.1, 0.15) is 5.82 Å². The third-order valence-corrected chi connectivity index (χ3v) is 10.3. The summed E-state index contributed by atoms with van der Waals surface area (Å²) < 4.78 is 16.7. The van der Waals surface area contributed by atoms with Crippen LogP contribution in [0.15, 0.2) is 152 Å². The van der Waals surface area contributed by atoms with Gasteiger partial charge in [0.15, 0.2) is 0 Å². The van der Waals surface area contributed by atoms with Crippen molar-refractivity contribution >= 4 is 66.4 Å². The Labute approximate surface area is 280 Å². The van der Waals surface area contributed by atoms with E-state index in [0.717, 1.165) is 68.5 Å². The topological polar surface area (TPSA) is 6.48 Å². The van der Waals surface area contributed by atoms with E-state index in [1.165, 1.54) is 16.5 Å². The predicted octanol–water partition coefficient (Wildman–Crippen LogP) is 12.9. The predicted molar refractivity (Wildman–Crippen MR) is 201 cm³/mol. The van der Waals surface area contributed by atoms with Crippen molar-refractivity contribution in [3.05, 3.63) is 169 Å². The van der Waals surface area contributed by atoms with E-state index >= 15 is 4.39 Å². The largest absolute Gasteiger partial charge is 0.310 e. The Morgan fingerprint density at radius 1 is 0.479 bits per heavy atom. The zero-order valence-electron chi connectivity index (χ0n) is 27.1. The minimum atomic E-state index is -0.212. The van der Waals surface area contributed by atoms with Crippen LogP contribution in [0.2, 0.25) is 0 Å². The Morgan fingerprint density at radius 3 is 1.44 bits per heavy atom. The molecule has 8 aromatic rings. The molecule has 2 nitrogen and oxygen atoms in total. The summed E-state index contributed by atoms with van der Waals surface area (Å²) in [5, 5.41) is 6.27. The van der Waals surface area contributed by atoms with E-state index in [1.807, 2.05) is 42.5 Å². The fraction of sp³-hybridized carbons (Fsp3) is 0.111. The van der Waals surface area contributed by atoms with Crippen LogP contribution in [0, 0.1) is 5.82 Å². The molecule has 48 heavy (non-hydrogen) atoms. The van der Waals surface area contributed by atoms with E-state index in [2.05, 4.69) is 127 Å². The third kappa shape index (κ3) is 4.38. The zero-order valence-corrected chi connectivity index (χ0v) is 27.1. The van der Waals surface area contributed by atoms with Gasteiger partial charge in [-0.1, -0.05) is 98.8 Å². The molecule has 0 atom stereocenters. The summed E-state index contributed by atoms with van der Waals surface area (Å²) in [4.78, 5) is 4.57. The number of anilines is 6. The lowest BCUT2D eigenvalue weighted by Crippen LogP contribution is -2.24. The quantitative estimate of drug-likeness (QED) is 0.170. The van der Waals surface area contributed by atoms with Gasteiger partial charge in [0.05, 0.1) is 11.4 Å². The number of rotatable bonds is 6. The first kappa shape index (κ1) is 28.5. The number of nitrogens with zero attached hydrogens (tertiary/aromatic N) is 2. The van der Waals surface area contributed by atoms with Crippen molar-refractivity contribution < 1.29 is 4.39 Å². The molecule has 9 rings (SSSR count). The van der Waals surface area contributed by atoms with E-state index in [1.54, 1.807) is 6.07 Å². The van der Waals surface area contributed by atoms with Gasteiger partial charge in [-0.3, -0.25) is 0 Å². The molecule has 0 amide bonds. The van der Waals surface area contributed by atoms with Crippen molar-refractivity contribution in [1.29, 1.82) is 0 Å². The van der Waals surface area contributed by atoms with Gasteiger partial charge in [0.25, 0.3) is 0 Å². The van der Waals surface area contributed by atoms with Crippen LogP contribution in [0.5, 0.6) is 0 Å². The van der Waals surface area contributed by atoms with Crippen molar-refractivity contribution in [2.24, 2.45) is 0 Å². The summed E-state index contributed by atoms with van der Waals surface area (Å²) in [7, 11) is 0. The Morgan fingerprint density at radius 2 is 0.938 bits per heavy atom. The van der Waals surface area contributed by atoms with Gasteiger partial charge in [0, 0.05) is 49.7 Å². The highest BCUT2D eigenvalue weighted by atomic mass is 19.1. The lowest BCUT2D eigenvalue weighted by Gasteiger charge is -2.36. The summed E-state index contributed by atoms with van der Waals surface area (Å²) in [6.07, 6.45) is 2.00. The van der Waals surface area contributed by atoms with Gasteiger partial charge in [-0.25, -0.2) is 4.39 Å². The molecule has 0 radical (unpaired) electrons. The highest BCUT2D eigenvalue weighted by Crippen LogP contribution is 2.53. The smallest absolute Gasteiger partial charge is 0.133 e. The van der Waals surface area contributed by atoms with Crippen LogP contribution < -0.4 is 9.80 Å². The minimum Gasteiger partial charge on any atom is -0.310 e. The van der Waals surface area contributed by atoms with Crippen LogP contribution >= 0.6 is 0 Å². The maximum atomic E-state index is 16.7. The summed E-state index contributed by atoms with van der Waals surface area (Å²) in [6.45, 7) is 4.73. The molecule has 0 unspecified atom stereocenters. The number of hydrogen-bond acceptors (Lipinski definition) is 2. The van der Waals surface area contributed by atoms with Crippen molar-refractivity contribution in [2.75, 3.05) is 9.80 Å². The molecule has 1 aliphatic carbocycles. The minimum absolute atomic E-state index is 0.0458. The van der Waals surface area contributed by atoms with Crippen LogP contribution in [0.4, 0.5) is 38.5 Å². The molecule has 0 fully saturated rings. The molecule has 0 heterocycles. The second-order valence-electron chi connectivity index (χ2n) is 13.6. The monoisotopic (exact) mass is 622 g/mol. The number of halogens is 1. The van der Waals surface area contributed by atoms with Crippen LogP contribution in [0.3, 0.4) is 0 Å². The standard InChI is InChI=1S/C45H35FN2/c1-45(2)26-25-30-27-40(47(31-15-7-3-8-16-31)32-17-9-4-10-18-32)36-24-23-35-39(46)29-41(37-28-38(45)42(30)44(36)43(35)37)48(33-19-11-5-12-20-33)34-21-13-6-14-22-34/h3-24,27-29H,25-26H2,1-2H3. The first-order chi connectivity index (χ1) is 23.5. The van der Waals surface area contributed by atoms with Gasteiger partial charge in [-0.2, -0.15) is 0 Å². The van der Waals surface area contributed by atoms with Gasteiger partial charge in [-0.15, -0.1) is 0 Å². The Bertz CT molecular complexity index is 2340. The SMILES string of the molecule is CC1(C)CCc2cc(N(c3ccccc3)c3ccccc3)c3ccc4c(F)cc(N(c5ccccc5)c5ccccc5)c5cc1c2c3c45. The first-order valence-corrected chi connectivity index (χ1v) is 16.8. The molecule has 0 aromatic heterocycles. The van der Waals surface area contributed by atoms with Crippen molar-refractivity contribution in [3.8, 4) is 0 Å². The molecule has 8 aromatic carbocycles. The van der Waals surface area contributed by atoms with Crippen LogP contribution in [0.1, 0.15) is 31.4 Å². The number of para-hydroxylation sites is 4. The van der Waals surface area contributed by atoms with Crippen molar-refractivity contribution in [3.63, 3.8) is 0 Å². The summed E-state index contributed by atoms with van der Waals surface area (Å²) in [6, 6.07) is 52.5. The van der Waals surface area contributed by atoms with Crippen molar-refractivity contribution in [1.82, 2.24) is 0 Å². The number of aryl methyl sites for hydroxylation is 1. The zero-order chi connectivity index (χ0) is 32.4. The maximum absolute atomic E-state index is 16.7. The lowest BCUT2D eigenvalue weighted by atomic mass is 9.70. The Kier molecular flexibility index (Phi) is 6.52. The summed E-state index contributed by atoms with van der Waals surface area (Å²) in [5.41, 5.74) is 8.74. The second kappa shape index (κ2) is 11.0. The highest BCUT2D eigenvalue weighted by molar-refractivity contribution is 6.30. The van der Waals surface area contributed by atoms with Crippen LogP contribution in [-0.4, -0.2) is 0 Å². The molecule has 1 aliphatic rings. The molecule has 232 valence electrons. The van der Waals surface area contributed by atoms with Gasteiger partial charge in [-0.05, 0) is 101 Å². The molecule has 0 bridgehead atoms. The van der Waals surface area contributed by atoms with Crippen LogP contribution in [-0.2, 0) is 11.8 Å². The maximum Gasteiger partial charge on any atom is 0.133 e. The Hall–Kier alpha value is -5.67. The summed E-state index contributed by atoms with van der Waals surface area (Å²) >= 11 is 0. The van der Waals surface area contributed by atoms with E-state index in [0.29, 0.717) is 5.39 Å². The van der Waals surface area contributed by atoms with E-state index < -0.39 is 0 Å².